The maximum absolute atomic E-state index is 4.11. The average Bonchev–Trinajstić information content (AvgIpc) is 2.17. The third kappa shape index (κ3) is 3.30. The molecular weight excluding hydrogens is 172 g/mol. The summed E-state index contributed by atoms with van der Waals surface area (Å²) < 4.78 is 0. The van der Waals surface area contributed by atoms with Crippen molar-refractivity contribution in [3.8, 4) is 0 Å². The number of aryl methyl sites for hydroxylation is 1. The van der Waals surface area contributed by atoms with E-state index in [2.05, 4.69) is 30.7 Å². The van der Waals surface area contributed by atoms with Crippen LogP contribution in [0.5, 0.6) is 0 Å². The molecule has 0 spiro atoms. The lowest BCUT2D eigenvalue weighted by molar-refractivity contribution is 0.552. The normalized spacial score (nSPS) is 12.4. The summed E-state index contributed by atoms with van der Waals surface area (Å²) in [5.41, 5.74) is 2.56. The monoisotopic (exact) mass is 190 g/mol. The number of nitrogens with one attached hydrogen (secondary N) is 1. The largest absolute Gasteiger partial charge is 0.310 e. The molecule has 1 aromatic heterocycles. The van der Waals surface area contributed by atoms with Gasteiger partial charge in [0.15, 0.2) is 0 Å². The minimum atomic E-state index is 0.479. The number of nitrogens with zero attached hydrogens (tertiary/aromatic N) is 1. The maximum atomic E-state index is 4.11. The van der Waals surface area contributed by atoms with Crippen LogP contribution in [-0.2, 0) is 6.54 Å². The fraction of sp³-hybridized carbons (Fsp3) is 0.417. The molecule has 0 amide bonds. The Labute approximate surface area is 86.1 Å². The van der Waals surface area contributed by atoms with Crippen molar-refractivity contribution >= 4 is 0 Å². The zero-order chi connectivity index (χ0) is 10.4. The van der Waals surface area contributed by atoms with Gasteiger partial charge in [0.25, 0.3) is 0 Å². The van der Waals surface area contributed by atoms with Crippen molar-refractivity contribution in [2.45, 2.75) is 32.9 Å². The highest BCUT2D eigenvalue weighted by molar-refractivity contribution is 5.21. The van der Waals surface area contributed by atoms with Crippen LogP contribution in [0.3, 0.4) is 0 Å². The van der Waals surface area contributed by atoms with Crippen molar-refractivity contribution < 1.29 is 0 Å². The fourth-order valence-electron chi connectivity index (χ4n) is 1.30. The van der Waals surface area contributed by atoms with Gasteiger partial charge in [0.05, 0.1) is 0 Å². The van der Waals surface area contributed by atoms with Crippen molar-refractivity contribution in [1.82, 2.24) is 10.3 Å². The summed E-state index contributed by atoms with van der Waals surface area (Å²) in [7, 11) is 0. The van der Waals surface area contributed by atoms with E-state index >= 15 is 0 Å². The quantitative estimate of drug-likeness (QED) is 0.721. The van der Waals surface area contributed by atoms with Crippen LogP contribution in [0.2, 0.25) is 0 Å². The predicted octanol–water partition coefficient (Wildman–Crippen LogP) is 2.44. The van der Waals surface area contributed by atoms with Gasteiger partial charge in [0.1, 0.15) is 0 Å². The molecule has 0 saturated heterocycles. The standard InChI is InChI=1S/C12H18N2/c1-4-5-11(3)14-9-12-8-13-7-6-10(12)2/h4,6-8,11,14H,1,5,9H2,2-3H3. The Morgan fingerprint density at radius 3 is 3.07 bits per heavy atom. The number of rotatable bonds is 5. The highest BCUT2D eigenvalue weighted by Gasteiger charge is 2.00. The molecule has 2 nitrogen and oxygen atoms in total. The molecule has 0 aliphatic heterocycles. The highest BCUT2D eigenvalue weighted by atomic mass is 14.9. The van der Waals surface area contributed by atoms with Gasteiger partial charge in [0, 0.05) is 25.0 Å². The molecule has 0 aliphatic carbocycles. The molecular formula is C12H18N2. The SMILES string of the molecule is C=CCC(C)NCc1cnccc1C. The third-order valence-corrected chi connectivity index (χ3v) is 2.31. The van der Waals surface area contributed by atoms with Crippen LogP contribution in [0.15, 0.2) is 31.1 Å². The van der Waals surface area contributed by atoms with Crippen molar-refractivity contribution in [3.05, 3.63) is 42.2 Å². The molecule has 1 N–H and O–H groups in total. The summed E-state index contributed by atoms with van der Waals surface area (Å²) in [5.74, 6) is 0. The van der Waals surface area contributed by atoms with Crippen LogP contribution in [0.1, 0.15) is 24.5 Å². The van der Waals surface area contributed by atoms with Gasteiger partial charge in [-0.25, -0.2) is 0 Å². The molecule has 1 aromatic rings. The Hall–Kier alpha value is -1.15. The van der Waals surface area contributed by atoms with E-state index in [1.807, 2.05) is 24.5 Å². The topological polar surface area (TPSA) is 24.9 Å². The molecule has 1 unspecified atom stereocenters. The van der Waals surface area contributed by atoms with Crippen molar-refractivity contribution in [2.24, 2.45) is 0 Å². The van der Waals surface area contributed by atoms with Crippen molar-refractivity contribution in [1.29, 1.82) is 0 Å². The van der Waals surface area contributed by atoms with Gasteiger partial charge in [-0.3, -0.25) is 4.98 Å². The summed E-state index contributed by atoms with van der Waals surface area (Å²) in [6.07, 6.45) is 6.68. The first-order chi connectivity index (χ1) is 6.74. The average molecular weight is 190 g/mol. The van der Waals surface area contributed by atoms with E-state index in [1.54, 1.807) is 0 Å². The Morgan fingerprint density at radius 1 is 1.64 bits per heavy atom. The van der Waals surface area contributed by atoms with Gasteiger partial charge in [0.2, 0.25) is 0 Å². The Kier molecular flexibility index (Phi) is 4.33. The summed E-state index contributed by atoms with van der Waals surface area (Å²) in [4.78, 5) is 4.11. The third-order valence-electron chi connectivity index (χ3n) is 2.31. The Morgan fingerprint density at radius 2 is 2.43 bits per heavy atom. The first-order valence-electron chi connectivity index (χ1n) is 4.97. The summed E-state index contributed by atoms with van der Waals surface area (Å²) in [5, 5.41) is 3.43. The highest BCUT2D eigenvalue weighted by Crippen LogP contribution is 2.05. The zero-order valence-corrected chi connectivity index (χ0v) is 8.96. The summed E-state index contributed by atoms with van der Waals surface area (Å²) in [6, 6.07) is 2.52. The van der Waals surface area contributed by atoms with E-state index in [4.69, 9.17) is 0 Å². The minimum Gasteiger partial charge on any atom is -0.310 e. The molecule has 2 heteroatoms. The molecule has 0 saturated carbocycles. The zero-order valence-electron chi connectivity index (χ0n) is 8.96. The number of hydrogen-bond acceptors (Lipinski definition) is 2. The lowest BCUT2D eigenvalue weighted by Crippen LogP contribution is -2.25. The van der Waals surface area contributed by atoms with Crippen molar-refractivity contribution in [3.63, 3.8) is 0 Å². The first-order valence-corrected chi connectivity index (χ1v) is 4.97. The molecule has 1 atom stereocenters. The van der Waals surface area contributed by atoms with E-state index in [9.17, 15) is 0 Å². The molecule has 0 fully saturated rings. The van der Waals surface area contributed by atoms with E-state index < -0.39 is 0 Å². The Bertz CT molecular complexity index is 294. The van der Waals surface area contributed by atoms with Gasteiger partial charge in [-0.1, -0.05) is 6.08 Å². The second-order valence-corrected chi connectivity index (χ2v) is 3.61. The minimum absolute atomic E-state index is 0.479. The van der Waals surface area contributed by atoms with E-state index in [1.165, 1.54) is 11.1 Å². The summed E-state index contributed by atoms with van der Waals surface area (Å²) >= 11 is 0. The van der Waals surface area contributed by atoms with Crippen molar-refractivity contribution in [2.75, 3.05) is 0 Å². The van der Waals surface area contributed by atoms with Crippen LogP contribution < -0.4 is 5.32 Å². The van der Waals surface area contributed by atoms with Crippen LogP contribution in [0.4, 0.5) is 0 Å². The molecule has 0 aromatic carbocycles. The van der Waals surface area contributed by atoms with Crippen LogP contribution in [-0.4, -0.2) is 11.0 Å². The molecule has 14 heavy (non-hydrogen) atoms. The Balaban J connectivity index is 2.45. The second-order valence-electron chi connectivity index (χ2n) is 3.61. The predicted molar refractivity (Wildman–Crippen MR) is 60.1 cm³/mol. The fourth-order valence-corrected chi connectivity index (χ4v) is 1.30. The van der Waals surface area contributed by atoms with Gasteiger partial charge < -0.3 is 5.32 Å². The molecule has 0 bridgehead atoms. The molecule has 0 radical (unpaired) electrons. The van der Waals surface area contributed by atoms with Gasteiger partial charge in [-0.2, -0.15) is 0 Å². The lowest BCUT2D eigenvalue weighted by Gasteiger charge is -2.12. The lowest BCUT2D eigenvalue weighted by atomic mass is 10.1. The van der Waals surface area contributed by atoms with E-state index in [-0.39, 0.29) is 0 Å². The number of aromatic nitrogens is 1. The van der Waals surface area contributed by atoms with Gasteiger partial charge in [-0.05, 0) is 37.5 Å². The molecule has 0 aliphatic rings. The van der Waals surface area contributed by atoms with Gasteiger partial charge >= 0.3 is 0 Å². The van der Waals surface area contributed by atoms with Gasteiger partial charge in [-0.15, -0.1) is 6.58 Å². The smallest absolute Gasteiger partial charge is 0.0315 e. The van der Waals surface area contributed by atoms with E-state index in [0.717, 1.165) is 13.0 Å². The van der Waals surface area contributed by atoms with Crippen LogP contribution in [0.25, 0.3) is 0 Å². The maximum Gasteiger partial charge on any atom is 0.0315 e. The van der Waals surface area contributed by atoms with Crippen LogP contribution >= 0.6 is 0 Å². The number of hydrogen-bond donors (Lipinski definition) is 1. The molecule has 1 rings (SSSR count). The first kappa shape index (κ1) is 10.9. The molecule has 76 valence electrons. The van der Waals surface area contributed by atoms with Crippen LogP contribution in [0, 0.1) is 6.92 Å². The van der Waals surface area contributed by atoms with E-state index in [0.29, 0.717) is 6.04 Å². The molecule has 1 heterocycles. The number of pyridine rings is 1. The summed E-state index contributed by atoms with van der Waals surface area (Å²) in [6.45, 7) is 8.87. The second kappa shape index (κ2) is 5.55.